The first-order valence-electron chi connectivity index (χ1n) is 44.9. The van der Waals surface area contributed by atoms with Crippen LogP contribution >= 0.6 is 15.9 Å². The largest absolute Gasteiger partial charge is 0.488 e. The molecule has 0 radical (unpaired) electrons. The second-order valence-corrected chi connectivity index (χ2v) is 36.4. The number of rotatable bonds is 6. The van der Waals surface area contributed by atoms with Crippen molar-refractivity contribution in [2.45, 2.75) is 0 Å². The van der Waals surface area contributed by atoms with Gasteiger partial charge in [0.05, 0.1) is 0 Å². The highest BCUT2D eigenvalue weighted by Crippen LogP contribution is 2.48. The van der Waals surface area contributed by atoms with E-state index in [1.807, 2.05) is 97.1 Å². The van der Waals surface area contributed by atoms with Gasteiger partial charge in [0, 0.05) is 134 Å². The van der Waals surface area contributed by atoms with E-state index >= 15 is 0 Å². The van der Waals surface area contributed by atoms with Gasteiger partial charge >= 0.3 is 7.12 Å². The lowest BCUT2D eigenvalue weighted by molar-refractivity contribution is 0.426. The van der Waals surface area contributed by atoms with Crippen LogP contribution in [0.2, 0.25) is 0 Å². The van der Waals surface area contributed by atoms with E-state index in [2.05, 4.69) is 265 Å². The molecule has 0 fully saturated rings. The van der Waals surface area contributed by atoms with Gasteiger partial charge in [-0.15, -0.1) is 0 Å². The van der Waals surface area contributed by atoms with Gasteiger partial charge in [0.25, 0.3) is 0 Å². The van der Waals surface area contributed by atoms with E-state index in [1.165, 1.54) is 0 Å². The Morgan fingerprint density at radius 2 is 0.279 bits per heavy atom. The van der Waals surface area contributed by atoms with Crippen LogP contribution in [-0.2, 0) is 0 Å². The van der Waals surface area contributed by atoms with E-state index in [0.717, 1.165) is 318 Å². The molecule has 0 saturated carbocycles. The summed E-state index contributed by atoms with van der Waals surface area (Å²) < 4.78 is 76.0. The van der Waals surface area contributed by atoms with Gasteiger partial charge in [-0.05, 0) is 279 Å². The number of hydrogen-bond acceptors (Lipinski definition) is 14. The molecular weight excluding hydrogens is 1760 g/mol. The first-order chi connectivity index (χ1) is 66.9. The fraction of sp³-hybridized carbons (Fsp3) is 0. The smallest absolute Gasteiger partial charge is 0.456 e. The normalized spacial score (nSPS) is 12.4. The van der Waals surface area contributed by atoms with Gasteiger partial charge in [0.2, 0.25) is 0 Å². The molecule has 2 N–H and O–H groups in total. The van der Waals surface area contributed by atoms with Gasteiger partial charge < -0.3 is 63.1 Å². The maximum absolute atomic E-state index is 9.58. The summed E-state index contributed by atoms with van der Waals surface area (Å²) >= 11 is 3.57. The Hall–Kier alpha value is -17.5. The van der Waals surface area contributed by atoms with Crippen molar-refractivity contribution in [3.63, 3.8) is 0 Å². The van der Waals surface area contributed by atoms with Crippen LogP contribution in [0, 0.1) is 0 Å². The van der Waals surface area contributed by atoms with Crippen LogP contribution in [0.4, 0.5) is 0 Å². The van der Waals surface area contributed by atoms with Crippen molar-refractivity contribution < 1.29 is 63.1 Å². The van der Waals surface area contributed by atoms with E-state index in [1.54, 1.807) is 18.2 Å². The van der Waals surface area contributed by atoms with Crippen molar-refractivity contribution in [2.24, 2.45) is 0 Å². The Labute approximate surface area is 773 Å². The SMILES string of the molecule is Brc1ccc2oc3cc4c(cc3c2c1)oc1ccc(-c2ccc3oc5ccccc5c3c2)cc14.OB(O)c1ccc2oc3cc4c(cc3c2c1)oc1ccc(-c2ccc3oc5ccccc5c3c2)cc14.c1ccc2c(c1)oc1ccc(-c3ccc4oc5cc6c(cc5c4c3)oc3ccc(-c4ccc5oc7cc8c(cc7c5c4)oc4ccc(-c5ccc7oc9ccccc9c7c5)cc48)cc36)cc12. The second kappa shape index (κ2) is 28.3. The Bertz CT molecular complexity index is 10500. The molecule has 0 aliphatic carbocycles. The molecule has 32 rings (SSSR count). The average molecular weight is 1820 g/mol. The summed E-state index contributed by atoms with van der Waals surface area (Å²) in [6.45, 7) is 0. The Morgan fingerprint density at radius 1 is 0.132 bits per heavy atom. The van der Waals surface area contributed by atoms with Crippen LogP contribution in [0.25, 0.3) is 319 Å². The van der Waals surface area contributed by atoms with Crippen LogP contribution in [0.5, 0.6) is 0 Å². The molecule has 12 aromatic heterocycles. The van der Waals surface area contributed by atoms with Crippen molar-refractivity contribution in [1.82, 2.24) is 0 Å². The highest BCUT2D eigenvalue weighted by molar-refractivity contribution is 9.10. The summed E-state index contributed by atoms with van der Waals surface area (Å²) in [6, 6.07) is 124. The lowest BCUT2D eigenvalue weighted by Gasteiger charge is -2.02. The van der Waals surface area contributed by atoms with Crippen LogP contribution in [0.3, 0.4) is 0 Å². The van der Waals surface area contributed by atoms with Gasteiger partial charge in [-0.2, -0.15) is 0 Å². The number of benzene rings is 20. The van der Waals surface area contributed by atoms with Crippen molar-refractivity contribution in [3.8, 4) is 55.6 Å². The Kier molecular flexibility index (Phi) is 15.6. The van der Waals surface area contributed by atoms with Crippen LogP contribution in [0.1, 0.15) is 0 Å². The third-order valence-electron chi connectivity index (χ3n) is 27.7. The highest BCUT2D eigenvalue weighted by atomic mass is 79.9. The van der Waals surface area contributed by atoms with Crippen LogP contribution in [0.15, 0.2) is 421 Å². The van der Waals surface area contributed by atoms with Crippen molar-refractivity contribution in [3.05, 3.63) is 368 Å². The minimum absolute atomic E-state index is 0.418. The van der Waals surface area contributed by atoms with E-state index in [0.29, 0.717) is 11.0 Å². The summed E-state index contributed by atoms with van der Waals surface area (Å²) in [5, 5.41) is 44.2. The number of para-hydroxylation sites is 4. The van der Waals surface area contributed by atoms with E-state index in [-0.39, 0.29) is 0 Å². The predicted molar refractivity (Wildman–Crippen MR) is 551 cm³/mol. The Morgan fingerprint density at radius 3 is 0.485 bits per heavy atom. The molecule has 0 bridgehead atoms. The summed E-state index contributed by atoms with van der Waals surface area (Å²) in [5.74, 6) is 0. The first kappa shape index (κ1) is 75.2. The molecule has 0 saturated heterocycles. The molecule has 0 aliphatic rings. The molecule has 14 nitrogen and oxygen atoms in total. The molecule has 636 valence electrons. The van der Waals surface area contributed by atoms with E-state index in [9.17, 15) is 10.0 Å². The fourth-order valence-corrected chi connectivity index (χ4v) is 21.4. The minimum atomic E-state index is -1.54. The van der Waals surface area contributed by atoms with Gasteiger partial charge in [-0.1, -0.05) is 162 Å². The van der Waals surface area contributed by atoms with Gasteiger partial charge in [-0.25, -0.2) is 0 Å². The maximum atomic E-state index is 9.58. The lowest BCUT2D eigenvalue weighted by atomic mass is 9.80. The topological polar surface area (TPSA) is 198 Å². The number of fused-ring (bicyclic) bond motifs is 36. The van der Waals surface area contributed by atoms with Crippen LogP contribution < -0.4 is 5.46 Å². The summed E-state index contributed by atoms with van der Waals surface area (Å²) in [4.78, 5) is 0. The molecule has 0 amide bonds. The molecule has 0 aliphatic heterocycles. The molecule has 0 spiro atoms. The van der Waals surface area contributed by atoms with Gasteiger partial charge in [0.15, 0.2) is 0 Å². The van der Waals surface area contributed by atoms with Gasteiger partial charge in [-0.3, -0.25) is 0 Å². The number of furan rings is 12. The molecule has 136 heavy (non-hydrogen) atoms. The van der Waals surface area contributed by atoms with E-state index < -0.39 is 7.12 Å². The zero-order valence-electron chi connectivity index (χ0n) is 71.4. The third kappa shape index (κ3) is 11.6. The standard InChI is InChI=1S/C60H30O6.C30H17BO5.C30H15BrO3/c1-3-7-49-37(5-1)39-21-31(9-15-51(39)61-49)33-11-17-53-41(23-33)45-27-59-47(29-57(45)63-53)43-25-35(13-19-55(43)65-59)36-14-20-56-44(26-36)48-30-58-46(28-60(48)66-56)42-24-34(12-18-54(42)64-58)32-10-16-52-40(22-32)38-6-2-4-8-50(38)62-52;32-31(33)18-7-10-28-22(13-18)24-15-29-23(14-30(24)36-28)21-12-17(6-9-27(21)35-29)16-5-8-26-20(11-16)19-3-1-2-4-25(19)34-26;31-18-7-10-28-22(13-18)24-15-29-23(14-30(24)34-28)21-12-17(6-9-27(21)33-29)16-5-8-26-20(11-16)19-3-1-2-4-25(19)32-26/h1-30H;1-15,32-33H;1-15H. The average Bonchev–Trinajstić information content (AvgIpc) is 1.56. The molecule has 32 aromatic rings. The molecular formula is C120H62BBrO14. The highest BCUT2D eigenvalue weighted by Gasteiger charge is 2.25. The maximum Gasteiger partial charge on any atom is 0.488 e. The number of halogens is 1. The summed E-state index contributed by atoms with van der Waals surface area (Å²) in [6.07, 6.45) is 0. The summed E-state index contributed by atoms with van der Waals surface area (Å²) in [5.41, 5.74) is 31.7. The second-order valence-electron chi connectivity index (χ2n) is 35.5. The molecule has 16 heteroatoms. The predicted octanol–water partition coefficient (Wildman–Crippen LogP) is 34.6. The third-order valence-corrected chi connectivity index (χ3v) is 28.2. The molecule has 12 heterocycles. The van der Waals surface area contributed by atoms with E-state index in [4.69, 9.17) is 53.0 Å². The zero-order chi connectivity index (χ0) is 89.1. The van der Waals surface area contributed by atoms with Crippen LogP contribution in [-0.4, -0.2) is 17.2 Å². The monoisotopic (exact) mass is 1820 g/mol. The zero-order valence-corrected chi connectivity index (χ0v) is 73.0. The van der Waals surface area contributed by atoms with Crippen molar-refractivity contribution in [2.75, 3.05) is 0 Å². The molecule has 20 aromatic carbocycles. The van der Waals surface area contributed by atoms with Crippen molar-refractivity contribution in [1.29, 1.82) is 0 Å². The lowest BCUT2D eigenvalue weighted by Crippen LogP contribution is -2.29. The minimum Gasteiger partial charge on any atom is -0.456 e. The quantitative estimate of drug-likeness (QED) is 0.149. The fourth-order valence-electron chi connectivity index (χ4n) is 21.0. The molecule has 0 unspecified atom stereocenters. The van der Waals surface area contributed by atoms with Gasteiger partial charge in [0.1, 0.15) is 134 Å². The van der Waals surface area contributed by atoms with Crippen molar-refractivity contribution >= 4 is 292 Å². The summed E-state index contributed by atoms with van der Waals surface area (Å²) in [7, 11) is -1.54. The molecule has 0 atom stereocenters. The number of hydrogen-bond donors (Lipinski definition) is 2. The Balaban J connectivity index is 0.000000106. The first-order valence-corrected chi connectivity index (χ1v) is 45.7.